The molecule has 1 saturated carbocycles. The van der Waals surface area contributed by atoms with Crippen LogP contribution in [0.5, 0.6) is 0 Å². The van der Waals surface area contributed by atoms with E-state index in [0.717, 1.165) is 44.4 Å². The highest BCUT2D eigenvalue weighted by Gasteiger charge is 2.33. The number of para-hydroxylation sites is 1. The molecule has 1 fully saturated rings. The Bertz CT molecular complexity index is 656. The summed E-state index contributed by atoms with van der Waals surface area (Å²) in [6.45, 7) is 0. The summed E-state index contributed by atoms with van der Waals surface area (Å²) >= 11 is 0. The number of hydrogen-bond acceptors (Lipinski definition) is 3. The van der Waals surface area contributed by atoms with E-state index in [1.807, 2.05) is 0 Å². The Morgan fingerprint density at radius 2 is 1.88 bits per heavy atom. The van der Waals surface area contributed by atoms with E-state index in [4.69, 9.17) is 5.26 Å². The predicted molar refractivity (Wildman–Crippen MR) is 83.8 cm³/mol. The third kappa shape index (κ3) is 4.75. The minimum absolute atomic E-state index is 0.0189. The number of alkyl halides is 3. The monoisotopic (exact) mass is 337 g/mol. The summed E-state index contributed by atoms with van der Waals surface area (Å²) in [6.07, 6.45) is 1.38. The lowest BCUT2D eigenvalue weighted by atomic mass is 9.95. The number of nitriles is 1. The molecule has 128 valence electrons. The number of carbonyl (C=O) groups is 1. The van der Waals surface area contributed by atoms with Crippen molar-refractivity contribution in [2.45, 2.75) is 44.3 Å². The van der Waals surface area contributed by atoms with Crippen LogP contribution in [0.3, 0.4) is 0 Å². The van der Waals surface area contributed by atoms with Gasteiger partial charge < -0.3 is 10.6 Å². The molecule has 0 aromatic heterocycles. The van der Waals surface area contributed by atoms with Gasteiger partial charge in [-0.1, -0.05) is 31.4 Å². The van der Waals surface area contributed by atoms with Crippen LogP contribution in [-0.2, 0) is 11.0 Å². The number of halogens is 3. The third-order valence-corrected chi connectivity index (χ3v) is 3.91. The molecule has 0 bridgehead atoms. The zero-order chi connectivity index (χ0) is 17.6. The molecule has 2 N–H and O–H groups in total. The van der Waals surface area contributed by atoms with Gasteiger partial charge in [0.25, 0.3) is 5.91 Å². The van der Waals surface area contributed by atoms with Crippen molar-refractivity contribution < 1.29 is 18.0 Å². The molecule has 7 heteroatoms. The summed E-state index contributed by atoms with van der Waals surface area (Å²) in [6, 6.07) is 6.64. The van der Waals surface area contributed by atoms with Gasteiger partial charge in [-0.05, 0) is 25.0 Å². The van der Waals surface area contributed by atoms with E-state index in [0.29, 0.717) is 0 Å². The van der Waals surface area contributed by atoms with Gasteiger partial charge in [0.2, 0.25) is 0 Å². The van der Waals surface area contributed by atoms with E-state index >= 15 is 0 Å². The topological polar surface area (TPSA) is 64.9 Å². The Kier molecular flexibility index (Phi) is 5.85. The van der Waals surface area contributed by atoms with Gasteiger partial charge in [0.05, 0.1) is 11.3 Å². The van der Waals surface area contributed by atoms with Crippen molar-refractivity contribution in [2.24, 2.45) is 0 Å². The Balaban J connectivity index is 2.08. The number of amides is 1. The Morgan fingerprint density at radius 3 is 2.50 bits per heavy atom. The maximum Gasteiger partial charge on any atom is 0.418 e. The second-order valence-corrected chi connectivity index (χ2v) is 5.67. The predicted octanol–water partition coefficient (Wildman–Crippen LogP) is 3.97. The SMILES string of the molecule is N#C/C(=C/Nc1ccccc1C(F)(F)F)C(=O)NC1CCCCC1. The second-order valence-electron chi connectivity index (χ2n) is 5.67. The number of carbonyl (C=O) groups excluding carboxylic acids is 1. The minimum Gasteiger partial charge on any atom is -0.360 e. The van der Waals surface area contributed by atoms with Crippen LogP contribution < -0.4 is 10.6 Å². The highest BCUT2D eigenvalue weighted by atomic mass is 19.4. The lowest BCUT2D eigenvalue weighted by Gasteiger charge is -2.22. The summed E-state index contributed by atoms with van der Waals surface area (Å²) < 4.78 is 38.8. The van der Waals surface area contributed by atoms with Crippen LogP contribution in [0.25, 0.3) is 0 Å². The Morgan fingerprint density at radius 1 is 1.21 bits per heavy atom. The fraction of sp³-hybridized carbons (Fsp3) is 0.412. The number of rotatable bonds is 4. The summed E-state index contributed by atoms with van der Waals surface area (Å²) in [5, 5.41) is 14.3. The molecule has 0 aliphatic heterocycles. The molecule has 0 radical (unpaired) electrons. The molecule has 1 aliphatic rings. The van der Waals surface area contributed by atoms with E-state index in [1.165, 1.54) is 18.2 Å². The van der Waals surface area contributed by atoms with E-state index in [9.17, 15) is 18.0 Å². The molecule has 0 atom stereocenters. The average molecular weight is 337 g/mol. The van der Waals surface area contributed by atoms with Crippen LogP contribution in [0, 0.1) is 11.3 Å². The van der Waals surface area contributed by atoms with Gasteiger partial charge in [-0.2, -0.15) is 18.4 Å². The first-order valence-electron chi connectivity index (χ1n) is 7.75. The summed E-state index contributed by atoms with van der Waals surface area (Å²) in [5.41, 5.74) is -1.31. The van der Waals surface area contributed by atoms with Crippen molar-refractivity contribution in [2.75, 3.05) is 5.32 Å². The minimum atomic E-state index is -4.52. The second kappa shape index (κ2) is 7.86. The first-order chi connectivity index (χ1) is 11.4. The summed E-state index contributed by atoms with van der Waals surface area (Å²) in [5.74, 6) is -0.568. The highest BCUT2D eigenvalue weighted by molar-refractivity contribution is 5.97. The number of anilines is 1. The molecule has 1 aromatic carbocycles. The normalized spacial score (nSPS) is 16.3. The van der Waals surface area contributed by atoms with Crippen LogP contribution in [0.15, 0.2) is 36.0 Å². The van der Waals surface area contributed by atoms with Crippen molar-refractivity contribution in [1.29, 1.82) is 5.26 Å². The van der Waals surface area contributed by atoms with Gasteiger partial charge in [-0.15, -0.1) is 0 Å². The fourth-order valence-electron chi connectivity index (χ4n) is 2.66. The summed E-state index contributed by atoms with van der Waals surface area (Å²) in [4.78, 5) is 12.1. The van der Waals surface area contributed by atoms with Crippen molar-refractivity contribution >= 4 is 11.6 Å². The third-order valence-electron chi connectivity index (χ3n) is 3.91. The van der Waals surface area contributed by atoms with Gasteiger partial charge in [0, 0.05) is 12.2 Å². The maximum absolute atomic E-state index is 12.9. The molecule has 1 aromatic rings. The van der Waals surface area contributed by atoms with Crippen LogP contribution in [0.1, 0.15) is 37.7 Å². The Labute approximate surface area is 138 Å². The van der Waals surface area contributed by atoms with Crippen LogP contribution >= 0.6 is 0 Å². The van der Waals surface area contributed by atoms with Crippen molar-refractivity contribution in [3.63, 3.8) is 0 Å². The van der Waals surface area contributed by atoms with E-state index in [-0.39, 0.29) is 17.3 Å². The molecular formula is C17H18F3N3O. The molecular weight excluding hydrogens is 319 g/mol. The first-order valence-corrected chi connectivity index (χ1v) is 7.75. The maximum atomic E-state index is 12.9. The molecule has 1 amide bonds. The summed E-state index contributed by atoms with van der Waals surface area (Å²) in [7, 11) is 0. The molecule has 24 heavy (non-hydrogen) atoms. The molecule has 1 aliphatic carbocycles. The lowest BCUT2D eigenvalue weighted by molar-refractivity contribution is -0.136. The van der Waals surface area contributed by atoms with Gasteiger partial charge in [-0.3, -0.25) is 4.79 Å². The van der Waals surface area contributed by atoms with Crippen LogP contribution in [0.4, 0.5) is 18.9 Å². The largest absolute Gasteiger partial charge is 0.418 e. The molecule has 0 unspecified atom stereocenters. The molecule has 0 saturated heterocycles. The number of nitrogens with one attached hydrogen (secondary N) is 2. The van der Waals surface area contributed by atoms with Crippen molar-refractivity contribution in [3.8, 4) is 6.07 Å². The number of benzene rings is 1. The van der Waals surface area contributed by atoms with Gasteiger partial charge in [0.15, 0.2) is 0 Å². The van der Waals surface area contributed by atoms with E-state index < -0.39 is 17.6 Å². The van der Waals surface area contributed by atoms with Crippen molar-refractivity contribution in [3.05, 3.63) is 41.6 Å². The number of hydrogen-bond donors (Lipinski definition) is 2. The first kappa shape index (κ1) is 17.9. The molecule has 0 heterocycles. The molecule has 4 nitrogen and oxygen atoms in total. The highest BCUT2D eigenvalue weighted by Crippen LogP contribution is 2.34. The Hall–Kier alpha value is -2.49. The van der Waals surface area contributed by atoms with Gasteiger partial charge in [-0.25, -0.2) is 0 Å². The van der Waals surface area contributed by atoms with Crippen LogP contribution in [-0.4, -0.2) is 11.9 Å². The lowest BCUT2D eigenvalue weighted by Crippen LogP contribution is -2.37. The van der Waals surface area contributed by atoms with E-state index in [1.54, 1.807) is 6.07 Å². The average Bonchev–Trinajstić information content (AvgIpc) is 2.56. The molecule has 2 rings (SSSR count). The van der Waals surface area contributed by atoms with E-state index in [2.05, 4.69) is 10.6 Å². The quantitative estimate of drug-likeness (QED) is 0.645. The number of nitrogens with zero attached hydrogens (tertiary/aromatic N) is 1. The smallest absolute Gasteiger partial charge is 0.360 e. The van der Waals surface area contributed by atoms with Crippen LogP contribution in [0.2, 0.25) is 0 Å². The van der Waals surface area contributed by atoms with Gasteiger partial charge in [0.1, 0.15) is 11.6 Å². The zero-order valence-corrected chi connectivity index (χ0v) is 13.0. The molecule has 0 spiro atoms. The zero-order valence-electron chi connectivity index (χ0n) is 13.0. The van der Waals surface area contributed by atoms with Crippen molar-refractivity contribution in [1.82, 2.24) is 5.32 Å². The van der Waals surface area contributed by atoms with Gasteiger partial charge >= 0.3 is 6.18 Å². The standard InChI is InChI=1S/C17H18F3N3O/c18-17(19,20)14-8-4-5-9-15(14)22-11-12(10-21)16(24)23-13-6-2-1-3-7-13/h4-5,8-9,11,13,22H,1-3,6-7H2,(H,23,24)/b12-11-. The fourth-order valence-corrected chi connectivity index (χ4v) is 2.66.